The molecule has 3 rings (SSSR count). The van der Waals surface area contributed by atoms with Crippen molar-refractivity contribution in [3.63, 3.8) is 0 Å². The maximum Gasteiger partial charge on any atom is 0.340 e. The van der Waals surface area contributed by atoms with Gasteiger partial charge in [0, 0.05) is 22.3 Å². The molecule has 1 amide bonds. The Labute approximate surface area is 177 Å². The monoisotopic (exact) mass is 518 g/mol. The highest BCUT2D eigenvalue weighted by Crippen LogP contribution is 2.45. The van der Waals surface area contributed by atoms with Crippen LogP contribution in [0.1, 0.15) is 22.3 Å². The molecule has 8 nitrogen and oxygen atoms in total. The van der Waals surface area contributed by atoms with Crippen molar-refractivity contribution in [2.45, 2.75) is 19.0 Å². The lowest BCUT2D eigenvalue weighted by atomic mass is 10.1. The number of hydrogen-bond acceptors (Lipinski definition) is 6. The fraction of sp³-hybridized carbons (Fsp3) is 0.222. The zero-order valence-electron chi connectivity index (χ0n) is 15.1. The molecule has 2 aromatic rings. The molecular weight excluding hydrogens is 501 g/mol. The number of anilines is 4. The van der Waals surface area contributed by atoms with E-state index in [-0.39, 0.29) is 12.1 Å². The zero-order chi connectivity index (χ0) is 21.5. The summed E-state index contributed by atoms with van der Waals surface area (Å²) >= 11 is 2.09. The van der Waals surface area contributed by atoms with Gasteiger partial charge in [-0.15, -0.1) is 0 Å². The third-order valence-electron chi connectivity index (χ3n) is 4.63. The smallest absolute Gasteiger partial charge is 0.340 e. The molecule has 1 aliphatic heterocycles. The number of carboxylic acids is 1. The maximum absolute atomic E-state index is 14.9. The van der Waals surface area contributed by atoms with Gasteiger partial charge in [-0.05, 0) is 53.3 Å². The molecule has 0 bridgehead atoms. The van der Waals surface area contributed by atoms with E-state index in [1.807, 2.05) is 0 Å². The maximum atomic E-state index is 14.9. The fourth-order valence-corrected chi connectivity index (χ4v) is 3.81. The molecule has 1 aliphatic rings. The van der Waals surface area contributed by atoms with Crippen molar-refractivity contribution < 1.29 is 28.6 Å². The lowest BCUT2D eigenvalue weighted by Gasteiger charge is -2.26. The van der Waals surface area contributed by atoms with Crippen molar-refractivity contribution in [3.8, 4) is 0 Å². The topological polar surface area (TPSA) is 137 Å². The van der Waals surface area contributed by atoms with Crippen molar-refractivity contribution in [2.24, 2.45) is 5.73 Å². The SMILES string of the molecule is Cc1cc(I)ccc1Nc1c(F)c(F)c2c(c1C(=O)O)NC(CCO)(C(N)=O)N2. The van der Waals surface area contributed by atoms with E-state index in [0.29, 0.717) is 11.3 Å². The van der Waals surface area contributed by atoms with Gasteiger partial charge < -0.3 is 31.9 Å². The van der Waals surface area contributed by atoms with E-state index in [1.54, 1.807) is 25.1 Å². The lowest BCUT2D eigenvalue weighted by Crippen LogP contribution is -2.54. The molecule has 1 atom stereocenters. The van der Waals surface area contributed by atoms with Crippen LogP contribution in [0.3, 0.4) is 0 Å². The third kappa shape index (κ3) is 3.55. The van der Waals surface area contributed by atoms with Crippen LogP contribution in [0.4, 0.5) is 31.5 Å². The molecule has 7 N–H and O–H groups in total. The van der Waals surface area contributed by atoms with Crippen LogP contribution in [0.25, 0.3) is 0 Å². The minimum Gasteiger partial charge on any atom is -0.478 e. The van der Waals surface area contributed by atoms with Crippen LogP contribution in [0, 0.1) is 22.1 Å². The Kier molecular flexibility index (Phi) is 5.54. The van der Waals surface area contributed by atoms with Gasteiger partial charge in [0.15, 0.2) is 17.3 Å². The number of carbonyl (C=O) groups excluding carboxylic acids is 1. The summed E-state index contributed by atoms with van der Waals surface area (Å²) < 4.78 is 30.6. The van der Waals surface area contributed by atoms with Gasteiger partial charge in [-0.2, -0.15) is 0 Å². The number of primary amides is 1. The largest absolute Gasteiger partial charge is 0.478 e. The van der Waals surface area contributed by atoms with Crippen molar-refractivity contribution in [1.29, 1.82) is 0 Å². The van der Waals surface area contributed by atoms with E-state index < -0.39 is 52.7 Å². The van der Waals surface area contributed by atoms with Crippen molar-refractivity contribution in [3.05, 3.63) is 44.5 Å². The van der Waals surface area contributed by atoms with Crippen LogP contribution in [0.5, 0.6) is 0 Å². The highest BCUT2D eigenvalue weighted by molar-refractivity contribution is 14.1. The number of rotatable bonds is 6. The summed E-state index contributed by atoms with van der Waals surface area (Å²) in [5, 5.41) is 26.5. The van der Waals surface area contributed by atoms with E-state index in [2.05, 4.69) is 38.5 Å². The van der Waals surface area contributed by atoms with E-state index in [1.165, 1.54) is 0 Å². The van der Waals surface area contributed by atoms with Crippen LogP contribution in [-0.2, 0) is 4.79 Å². The average Bonchev–Trinajstić information content (AvgIpc) is 3.02. The molecule has 0 aliphatic carbocycles. The molecular formula is C18H17F2IN4O4. The second-order valence-electron chi connectivity index (χ2n) is 6.51. The van der Waals surface area contributed by atoms with Gasteiger partial charge in [-0.3, -0.25) is 4.79 Å². The standard InChI is InChI=1S/C18H17F2IN4O4/c1-7-6-8(21)2-3-9(7)23-13-10(16(27)28)14-15(12(20)11(13)19)25-18(24-14,4-5-26)17(22)29/h2-3,6,23-26H,4-5H2,1H3,(H2,22,29)(H,27,28). The Morgan fingerprint density at radius 2 is 1.90 bits per heavy atom. The number of benzene rings is 2. The average molecular weight is 518 g/mol. The van der Waals surface area contributed by atoms with Gasteiger partial charge in [0.05, 0.1) is 11.4 Å². The molecule has 0 spiro atoms. The molecule has 11 heteroatoms. The Morgan fingerprint density at radius 3 is 2.45 bits per heavy atom. The molecule has 0 saturated heterocycles. The molecule has 29 heavy (non-hydrogen) atoms. The van der Waals surface area contributed by atoms with Gasteiger partial charge in [0.25, 0.3) is 5.91 Å². The Hall–Kier alpha value is -2.67. The summed E-state index contributed by atoms with van der Waals surface area (Å²) in [7, 11) is 0. The number of halogens is 3. The number of fused-ring (bicyclic) bond motifs is 1. The van der Waals surface area contributed by atoms with Gasteiger partial charge in [0.1, 0.15) is 11.3 Å². The quantitative estimate of drug-likeness (QED) is 0.324. The number of carbonyl (C=O) groups is 2. The number of aliphatic hydroxyl groups is 1. The number of aromatic carboxylic acids is 1. The van der Waals surface area contributed by atoms with Gasteiger partial charge in [-0.1, -0.05) is 0 Å². The summed E-state index contributed by atoms with van der Waals surface area (Å²) in [5.74, 6) is -5.38. The third-order valence-corrected chi connectivity index (χ3v) is 5.30. The number of aliphatic hydroxyl groups excluding tert-OH is 1. The number of aryl methyl sites for hydroxylation is 1. The fourth-order valence-electron chi connectivity index (χ4n) is 3.16. The predicted octanol–water partition coefficient (Wildman–Crippen LogP) is 2.72. The van der Waals surface area contributed by atoms with Crippen LogP contribution in [-0.4, -0.2) is 34.4 Å². The number of hydrogen-bond donors (Lipinski definition) is 6. The van der Waals surface area contributed by atoms with Crippen LogP contribution < -0.4 is 21.7 Å². The van der Waals surface area contributed by atoms with Crippen LogP contribution in [0.15, 0.2) is 18.2 Å². The van der Waals surface area contributed by atoms with E-state index >= 15 is 0 Å². The number of carboxylic acid groups (broad SMARTS) is 1. The first-order chi connectivity index (χ1) is 13.6. The van der Waals surface area contributed by atoms with Crippen molar-refractivity contribution in [1.82, 2.24) is 0 Å². The summed E-state index contributed by atoms with van der Waals surface area (Å²) in [4.78, 5) is 23.9. The number of nitrogens with one attached hydrogen (secondary N) is 3. The molecule has 0 radical (unpaired) electrons. The summed E-state index contributed by atoms with van der Waals surface area (Å²) in [5.41, 5.74) is 2.48. The van der Waals surface area contributed by atoms with Crippen LogP contribution >= 0.6 is 22.6 Å². The second-order valence-corrected chi connectivity index (χ2v) is 7.76. The van der Waals surface area contributed by atoms with E-state index in [0.717, 1.165) is 3.57 Å². The molecule has 1 unspecified atom stereocenters. The van der Waals surface area contributed by atoms with Gasteiger partial charge in [0.2, 0.25) is 0 Å². The second kappa shape index (κ2) is 7.63. The zero-order valence-corrected chi connectivity index (χ0v) is 17.2. The van der Waals surface area contributed by atoms with Crippen LogP contribution in [0.2, 0.25) is 0 Å². The minimum atomic E-state index is -1.86. The Morgan fingerprint density at radius 1 is 1.24 bits per heavy atom. The first-order valence-electron chi connectivity index (χ1n) is 8.40. The predicted molar refractivity (Wildman–Crippen MR) is 111 cm³/mol. The van der Waals surface area contributed by atoms with Crippen molar-refractivity contribution in [2.75, 3.05) is 22.6 Å². The van der Waals surface area contributed by atoms with E-state index in [4.69, 9.17) is 5.73 Å². The lowest BCUT2D eigenvalue weighted by molar-refractivity contribution is -0.121. The summed E-state index contributed by atoms with van der Waals surface area (Å²) in [6.07, 6.45) is -0.296. The normalized spacial score (nSPS) is 17.3. The summed E-state index contributed by atoms with van der Waals surface area (Å²) in [6.45, 7) is 1.21. The Balaban J connectivity index is 2.20. The molecule has 154 valence electrons. The first-order valence-corrected chi connectivity index (χ1v) is 9.47. The first kappa shape index (κ1) is 21.0. The molecule has 0 saturated carbocycles. The van der Waals surface area contributed by atoms with Gasteiger partial charge >= 0.3 is 5.97 Å². The highest BCUT2D eigenvalue weighted by atomic mass is 127. The highest BCUT2D eigenvalue weighted by Gasteiger charge is 2.46. The van der Waals surface area contributed by atoms with Crippen molar-refractivity contribution >= 4 is 57.2 Å². The number of amides is 1. The summed E-state index contributed by atoms with van der Waals surface area (Å²) in [6, 6.07) is 5.11. The number of nitrogens with two attached hydrogens (primary N) is 1. The minimum absolute atomic E-state index is 0.296. The molecule has 1 heterocycles. The van der Waals surface area contributed by atoms with E-state index in [9.17, 15) is 28.6 Å². The molecule has 2 aromatic carbocycles. The van der Waals surface area contributed by atoms with Gasteiger partial charge in [-0.25, -0.2) is 13.6 Å². The Bertz CT molecular complexity index is 1030. The molecule has 0 aromatic heterocycles. The molecule has 0 fully saturated rings.